The Balaban J connectivity index is 1.80. The average molecular weight is 285 g/mol. The van der Waals surface area contributed by atoms with Gasteiger partial charge in [0.05, 0.1) is 24.4 Å². The van der Waals surface area contributed by atoms with Gasteiger partial charge >= 0.3 is 0 Å². The number of β-amino-alcohol motifs (C(OH)–C–C–N with tert-alkyl or cyclic N) is 1. The Bertz CT molecular complexity index is 389. The highest BCUT2D eigenvalue weighted by Crippen LogP contribution is 2.14. The summed E-state index contributed by atoms with van der Waals surface area (Å²) in [6, 6.07) is 0. The van der Waals surface area contributed by atoms with Gasteiger partial charge in [-0.2, -0.15) is 0 Å². The first kappa shape index (κ1) is 14.9. The summed E-state index contributed by atoms with van der Waals surface area (Å²) in [5.74, 6) is 0. The molecule has 2 N–H and O–H groups in total. The Hall–Kier alpha value is -0.530. The van der Waals surface area contributed by atoms with Gasteiger partial charge in [-0.3, -0.25) is 0 Å². The third-order valence-corrected chi connectivity index (χ3v) is 4.37. The minimum absolute atomic E-state index is 0.407. The molecule has 0 unspecified atom stereocenters. The smallest absolute Gasteiger partial charge is 0.113 e. The highest BCUT2D eigenvalue weighted by molar-refractivity contribution is 7.09. The van der Waals surface area contributed by atoms with Crippen LogP contribution in [0.5, 0.6) is 0 Å². The van der Waals surface area contributed by atoms with Crippen molar-refractivity contribution in [3.05, 3.63) is 16.1 Å². The summed E-state index contributed by atoms with van der Waals surface area (Å²) < 4.78 is 5.43. The molecule has 0 aromatic carbocycles. The van der Waals surface area contributed by atoms with Crippen LogP contribution in [-0.4, -0.2) is 67.0 Å². The van der Waals surface area contributed by atoms with E-state index in [0.29, 0.717) is 26.3 Å². The average Bonchev–Trinajstić information content (AvgIpc) is 2.64. The zero-order valence-electron chi connectivity index (χ0n) is 11.7. The van der Waals surface area contributed by atoms with Gasteiger partial charge in [-0.25, -0.2) is 4.98 Å². The van der Waals surface area contributed by atoms with E-state index < -0.39 is 5.60 Å². The van der Waals surface area contributed by atoms with Crippen LogP contribution in [0.4, 0.5) is 0 Å². The minimum atomic E-state index is -0.784. The van der Waals surface area contributed by atoms with Gasteiger partial charge in [-0.1, -0.05) is 0 Å². The van der Waals surface area contributed by atoms with Gasteiger partial charge < -0.3 is 20.1 Å². The number of nitrogens with zero attached hydrogens (tertiary/aromatic N) is 2. The Labute approximate surface area is 118 Å². The van der Waals surface area contributed by atoms with Crippen LogP contribution in [0.25, 0.3) is 0 Å². The van der Waals surface area contributed by atoms with E-state index in [0.717, 1.165) is 25.2 Å². The maximum absolute atomic E-state index is 10.5. The topological polar surface area (TPSA) is 57.6 Å². The molecule has 108 valence electrons. The minimum Gasteiger partial charge on any atom is -0.385 e. The molecule has 0 aliphatic carbocycles. The van der Waals surface area contributed by atoms with Crippen LogP contribution in [0.15, 0.2) is 5.51 Å². The van der Waals surface area contributed by atoms with Gasteiger partial charge in [-0.15, -0.1) is 11.3 Å². The Morgan fingerprint density at radius 3 is 3.21 bits per heavy atom. The molecule has 0 radical (unpaired) electrons. The number of thiazole rings is 1. The summed E-state index contributed by atoms with van der Waals surface area (Å²) in [5, 5.41) is 13.7. The van der Waals surface area contributed by atoms with E-state index in [1.807, 2.05) is 19.5 Å². The fourth-order valence-electron chi connectivity index (χ4n) is 2.32. The Kier molecular flexibility index (Phi) is 5.29. The SMILES string of the molecule is Cc1ncsc1CCN(C)C[C@@]1(O)CNCCOC1. The number of nitrogens with one attached hydrogen (secondary N) is 1. The van der Waals surface area contributed by atoms with Gasteiger partial charge in [0.1, 0.15) is 5.60 Å². The molecule has 2 heterocycles. The zero-order valence-corrected chi connectivity index (χ0v) is 12.5. The summed E-state index contributed by atoms with van der Waals surface area (Å²) in [5.41, 5.74) is 2.23. The summed E-state index contributed by atoms with van der Waals surface area (Å²) >= 11 is 1.70. The number of aliphatic hydroxyl groups is 1. The molecule has 1 aliphatic heterocycles. The summed E-state index contributed by atoms with van der Waals surface area (Å²) in [7, 11) is 2.04. The van der Waals surface area contributed by atoms with Gasteiger partial charge in [0, 0.05) is 31.1 Å². The van der Waals surface area contributed by atoms with Crippen LogP contribution in [0.3, 0.4) is 0 Å². The lowest BCUT2D eigenvalue weighted by Crippen LogP contribution is -2.50. The first-order valence-electron chi connectivity index (χ1n) is 6.67. The summed E-state index contributed by atoms with van der Waals surface area (Å²) in [6.45, 7) is 6.07. The lowest BCUT2D eigenvalue weighted by Gasteiger charge is -2.30. The number of aryl methyl sites for hydroxylation is 1. The molecule has 2 rings (SSSR count). The molecule has 6 heteroatoms. The van der Waals surface area contributed by atoms with Crippen LogP contribution in [-0.2, 0) is 11.2 Å². The van der Waals surface area contributed by atoms with Gasteiger partial charge in [0.25, 0.3) is 0 Å². The van der Waals surface area contributed by atoms with Crippen molar-refractivity contribution in [1.29, 1.82) is 0 Å². The molecule has 0 bridgehead atoms. The summed E-state index contributed by atoms with van der Waals surface area (Å²) in [4.78, 5) is 7.75. The number of hydrogen-bond acceptors (Lipinski definition) is 6. The van der Waals surface area contributed by atoms with Crippen molar-refractivity contribution in [1.82, 2.24) is 15.2 Å². The highest BCUT2D eigenvalue weighted by atomic mass is 32.1. The maximum Gasteiger partial charge on any atom is 0.113 e. The molecule has 1 fully saturated rings. The quantitative estimate of drug-likeness (QED) is 0.814. The van der Waals surface area contributed by atoms with E-state index in [-0.39, 0.29) is 0 Å². The Morgan fingerprint density at radius 1 is 1.63 bits per heavy atom. The van der Waals surface area contributed by atoms with Crippen LogP contribution < -0.4 is 5.32 Å². The van der Waals surface area contributed by atoms with Gasteiger partial charge in [0.15, 0.2) is 0 Å². The van der Waals surface area contributed by atoms with E-state index in [1.165, 1.54) is 4.88 Å². The molecule has 1 aromatic heterocycles. The van der Waals surface area contributed by atoms with Crippen molar-refractivity contribution < 1.29 is 9.84 Å². The predicted molar refractivity (Wildman–Crippen MR) is 76.7 cm³/mol. The standard InChI is InChI=1S/C13H23N3O2S/c1-11-12(19-10-15-11)3-5-16(2)8-13(17)7-14-4-6-18-9-13/h10,14,17H,3-9H2,1-2H3/t13-/m0/s1. The fraction of sp³-hybridized carbons (Fsp3) is 0.769. The molecule has 1 saturated heterocycles. The van der Waals surface area contributed by atoms with Gasteiger partial charge in [-0.05, 0) is 20.4 Å². The fourth-order valence-corrected chi connectivity index (χ4v) is 3.09. The number of rotatable bonds is 5. The molecular weight excluding hydrogens is 262 g/mol. The molecule has 19 heavy (non-hydrogen) atoms. The first-order valence-corrected chi connectivity index (χ1v) is 7.55. The lowest BCUT2D eigenvalue weighted by molar-refractivity contribution is -0.0448. The van der Waals surface area contributed by atoms with Gasteiger partial charge in [0.2, 0.25) is 0 Å². The third-order valence-electron chi connectivity index (χ3n) is 3.38. The second-order valence-electron chi connectivity index (χ2n) is 5.30. The molecule has 0 saturated carbocycles. The van der Waals surface area contributed by atoms with Crippen LogP contribution >= 0.6 is 11.3 Å². The van der Waals surface area contributed by atoms with Crippen molar-refractivity contribution in [3.63, 3.8) is 0 Å². The van der Waals surface area contributed by atoms with E-state index in [4.69, 9.17) is 4.74 Å². The normalized spacial score (nSPS) is 24.6. The lowest BCUT2D eigenvalue weighted by atomic mass is 10.1. The van der Waals surface area contributed by atoms with Crippen molar-refractivity contribution >= 4 is 11.3 Å². The number of aromatic nitrogens is 1. The molecule has 1 atom stereocenters. The van der Waals surface area contributed by atoms with Crippen LogP contribution in [0, 0.1) is 6.92 Å². The maximum atomic E-state index is 10.5. The van der Waals surface area contributed by atoms with E-state index in [2.05, 4.69) is 15.2 Å². The molecule has 1 aliphatic rings. The second kappa shape index (κ2) is 6.76. The number of ether oxygens (including phenoxy) is 1. The van der Waals surface area contributed by atoms with Crippen molar-refractivity contribution in [2.75, 3.05) is 46.4 Å². The van der Waals surface area contributed by atoms with Crippen LogP contribution in [0.2, 0.25) is 0 Å². The first-order chi connectivity index (χ1) is 9.09. The molecule has 0 amide bonds. The number of hydrogen-bond donors (Lipinski definition) is 2. The molecule has 0 spiro atoms. The third kappa shape index (κ3) is 4.50. The molecule has 1 aromatic rings. The second-order valence-corrected chi connectivity index (χ2v) is 6.24. The summed E-state index contributed by atoms with van der Waals surface area (Å²) in [6.07, 6.45) is 0.983. The monoisotopic (exact) mass is 285 g/mol. The zero-order chi connectivity index (χ0) is 13.7. The van der Waals surface area contributed by atoms with Crippen molar-refractivity contribution in [2.24, 2.45) is 0 Å². The number of likely N-dealkylation sites (N-methyl/N-ethyl adjacent to an activating group) is 1. The van der Waals surface area contributed by atoms with E-state index in [9.17, 15) is 5.11 Å². The molecule has 5 nitrogen and oxygen atoms in total. The van der Waals surface area contributed by atoms with E-state index >= 15 is 0 Å². The highest BCUT2D eigenvalue weighted by Gasteiger charge is 2.30. The van der Waals surface area contributed by atoms with Crippen LogP contribution in [0.1, 0.15) is 10.6 Å². The largest absolute Gasteiger partial charge is 0.385 e. The van der Waals surface area contributed by atoms with Crippen molar-refractivity contribution in [2.45, 2.75) is 18.9 Å². The van der Waals surface area contributed by atoms with E-state index in [1.54, 1.807) is 11.3 Å². The predicted octanol–water partition coefficient (Wildman–Crippen LogP) is 0.277. The van der Waals surface area contributed by atoms with Crippen molar-refractivity contribution in [3.8, 4) is 0 Å². The Morgan fingerprint density at radius 2 is 2.47 bits per heavy atom. The molecular formula is C13H23N3O2S.